The average molecular weight is 175 g/mol. The lowest BCUT2D eigenvalue weighted by atomic mass is 10.1. The van der Waals surface area contributed by atoms with Crippen molar-refractivity contribution in [3.8, 4) is 0 Å². The second-order valence-corrected chi connectivity index (χ2v) is 3.48. The van der Waals surface area contributed by atoms with Crippen LogP contribution < -0.4 is 0 Å². The maximum Gasteiger partial charge on any atom is 0.0227 e. The van der Waals surface area contributed by atoms with Crippen LogP contribution in [0.1, 0.15) is 18.1 Å². The minimum absolute atomic E-state index is 1.01. The van der Waals surface area contributed by atoms with Crippen LogP contribution in [0.4, 0.5) is 0 Å². The highest BCUT2D eigenvalue weighted by atomic mass is 15.0. The van der Waals surface area contributed by atoms with E-state index in [9.17, 15) is 0 Å². The molecule has 13 heavy (non-hydrogen) atoms. The van der Waals surface area contributed by atoms with Crippen LogP contribution in [0.2, 0.25) is 0 Å². The Balaban J connectivity index is 2.79. The molecule has 0 saturated carbocycles. The Morgan fingerprint density at radius 1 is 1.31 bits per heavy atom. The van der Waals surface area contributed by atoms with E-state index in [0.717, 1.165) is 6.54 Å². The molecule has 0 N–H and O–H groups in total. The summed E-state index contributed by atoms with van der Waals surface area (Å²) in [5.41, 5.74) is 2.64. The van der Waals surface area contributed by atoms with Crippen LogP contribution >= 0.6 is 0 Å². The van der Waals surface area contributed by atoms with Crippen molar-refractivity contribution in [1.29, 1.82) is 0 Å². The van der Waals surface area contributed by atoms with Crippen LogP contribution in [-0.4, -0.2) is 19.0 Å². The van der Waals surface area contributed by atoms with Gasteiger partial charge in [-0.25, -0.2) is 0 Å². The monoisotopic (exact) mass is 175 g/mol. The highest BCUT2D eigenvalue weighted by Crippen LogP contribution is 2.08. The van der Waals surface area contributed by atoms with Crippen LogP contribution in [0.3, 0.4) is 0 Å². The van der Waals surface area contributed by atoms with Gasteiger partial charge in [-0.2, -0.15) is 0 Å². The first-order valence-corrected chi connectivity index (χ1v) is 4.58. The molecule has 0 saturated heterocycles. The summed E-state index contributed by atoms with van der Waals surface area (Å²) in [6, 6.07) is 8.61. The molecule has 0 aliphatic heterocycles. The molecule has 0 fully saturated rings. The fraction of sp³-hybridized carbons (Fsp3) is 0.333. The molecule has 70 valence electrons. The third-order valence-electron chi connectivity index (χ3n) is 1.81. The van der Waals surface area contributed by atoms with Crippen molar-refractivity contribution in [2.45, 2.75) is 13.5 Å². The van der Waals surface area contributed by atoms with E-state index in [1.165, 1.54) is 11.1 Å². The van der Waals surface area contributed by atoms with Gasteiger partial charge in [0.25, 0.3) is 0 Å². The molecule has 0 aliphatic carbocycles. The zero-order valence-electron chi connectivity index (χ0n) is 8.62. The molecule has 1 heteroatoms. The second kappa shape index (κ2) is 4.83. The predicted molar refractivity (Wildman–Crippen MR) is 58.5 cm³/mol. The molecule has 1 nitrogen and oxygen atoms in total. The summed E-state index contributed by atoms with van der Waals surface area (Å²) < 4.78 is 0. The van der Waals surface area contributed by atoms with Gasteiger partial charge in [0.15, 0.2) is 0 Å². The van der Waals surface area contributed by atoms with Gasteiger partial charge in [-0.15, -0.1) is 0 Å². The number of benzene rings is 1. The van der Waals surface area contributed by atoms with E-state index in [2.05, 4.69) is 55.4 Å². The summed E-state index contributed by atoms with van der Waals surface area (Å²) in [5.74, 6) is 0. The summed E-state index contributed by atoms with van der Waals surface area (Å²) in [6.45, 7) is 3.05. The Bertz CT molecular complexity index is 287. The normalized spacial score (nSPS) is 11.4. The van der Waals surface area contributed by atoms with Crippen LogP contribution in [0.25, 0.3) is 6.08 Å². The molecule has 0 heterocycles. The Morgan fingerprint density at radius 2 is 2.08 bits per heavy atom. The summed E-state index contributed by atoms with van der Waals surface area (Å²) in [5, 5.41) is 0. The Labute approximate surface area is 80.7 Å². The molecule has 1 rings (SSSR count). The summed E-state index contributed by atoms with van der Waals surface area (Å²) >= 11 is 0. The van der Waals surface area contributed by atoms with E-state index in [-0.39, 0.29) is 0 Å². The SMILES string of the molecule is C/C=C/c1cccc(CN(C)C)c1. The molecule has 0 bridgehead atoms. The lowest BCUT2D eigenvalue weighted by molar-refractivity contribution is 0.402. The molecule has 0 atom stereocenters. The predicted octanol–water partition coefficient (Wildman–Crippen LogP) is 2.78. The summed E-state index contributed by atoms with van der Waals surface area (Å²) in [6.07, 6.45) is 4.19. The van der Waals surface area contributed by atoms with Gasteiger partial charge in [0, 0.05) is 6.54 Å². The number of nitrogens with zero attached hydrogens (tertiary/aromatic N) is 1. The van der Waals surface area contributed by atoms with Gasteiger partial charge >= 0.3 is 0 Å². The average Bonchev–Trinajstić information content (AvgIpc) is 2.04. The fourth-order valence-electron chi connectivity index (χ4n) is 1.35. The van der Waals surface area contributed by atoms with Crippen molar-refractivity contribution in [3.05, 3.63) is 41.5 Å². The molecule has 0 unspecified atom stereocenters. The van der Waals surface area contributed by atoms with E-state index in [4.69, 9.17) is 0 Å². The van der Waals surface area contributed by atoms with Crippen LogP contribution in [-0.2, 0) is 6.54 Å². The fourth-order valence-corrected chi connectivity index (χ4v) is 1.35. The highest BCUT2D eigenvalue weighted by Gasteiger charge is 1.94. The molecule has 1 aromatic carbocycles. The minimum atomic E-state index is 1.01. The molecule has 0 aromatic heterocycles. The molecular weight excluding hydrogens is 158 g/mol. The Hall–Kier alpha value is -1.08. The lowest BCUT2D eigenvalue weighted by Gasteiger charge is -2.09. The van der Waals surface area contributed by atoms with Gasteiger partial charge in [0.1, 0.15) is 0 Å². The zero-order valence-corrected chi connectivity index (χ0v) is 8.62. The van der Waals surface area contributed by atoms with Crippen molar-refractivity contribution in [3.63, 3.8) is 0 Å². The second-order valence-electron chi connectivity index (χ2n) is 3.48. The molecule has 1 aromatic rings. The molecule has 0 radical (unpaired) electrons. The summed E-state index contributed by atoms with van der Waals surface area (Å²) in [4.78, 5) is 2.18. The molecule has 0 amide bonds. The van der Waals surface area contributed by atoms with E-state index in [0.29, 0.717) is 0 Å². The standard InChI is InChI=1S/C12H17N/c1-4-6-11-7-5-8-12(9-11)10-13(2)3/h4-9H,10H2,1-3H3/b6-4+. The number of rotatable bonds is 3. The van der Waals surface area contributed by atoms with Gasteiger partial charge in [-0.3, -0.25) is 0 Å². The van der Waals surface area contributed by atoms with Crippen LogP contribution in [0, 0.1) is 0 Å². The molecular formula is C12H17N. The van der Waals surface area contributed by atoms with Crippen molar-refractivity contribution in [2.75, 3.05) is 14.1 Å². The van der Waals surface area contributed by atoms with E-state index >= 15 is 0 Å². The molecule has 0 spiro atoms. The minimum Gasteiger partial charge on any atom is -0.305 e. The number of allylic oxidation sites excluding steroid dienone is 1. The van der Waals surface area contributed by atoms with Crippen molar-refractivity contribution >= 4 is 6.08 Å². The lowest BCUT2D eigenvalue weighted by Crippen LogP contribution is -2.10. The Morgan fingerprint density at radius 3 is 2.69 bits per heavy atom. The summed E-state index contributed by atoms with van der Waals surface area (Å²) in [7, 11) is 4.17. The van der Waals surface area contributed by atoms with Gasteiger partial charge < -0.3 is 4.90 Å². The first kappa shape index (κ1) is 10.0. The van der Waals surface area contributed by atoms with E-state index in [1.807, 2.05) is 6.92 Å². The zero-order chi connectivity index (χ0) is 9.68. The maximum atomic E-state index is 2.22. The quantitative estimate of drug-likeness (QED) is 0.682. The third kappa shape index (κ3) is 3.43. The third-order valence-corrected chi connectivity index (χ3v) is 1.81. The van der Waals surface area contributed by atoms with Gasteiger partial charge in [0.05, 0.1) is 0 Å². The topological polar surface area (TPSA) is 3.24 Å². The smallest absolute Gasteiger partial charge is 0.0227 e. The van der Waals surface area contributed by atoms with Gasteiger partial charge in [0.2, 0.25) is 0 Å². The number of hydrogen-bond donors (Lipinski definition) is 0. The van der Waals surface area contributed by atoms with Crippen molar-refractivity contribution in [2.24, 2.45) is 0 Å². The Kier molecular flexibility index (Phi) is 3.71. The first-order chi connectivity index (χ1) is 6.22. The largest absolute Gasteiger partial charge is 0.305 e. The number of hydrogen-bond acceptors (Lipinski definition) is 1. The van der Waals surface area contributed by atoms with Crippen LogP contribution in [0.15, 0.2) is 30.3 Å². The molecule has 0 aliphatic rings. The van der Waals surface area contributed by atoms with E-state index in [1.54, 1.807) is 0 Å². The highest BCUT2D eigenvalue weighted by molar-refractivity contribution is 5.49. The van der Waals surface area contributed by atoms with Crippen LogP contribution in [0.5, 0.6) is 0 Å². The van der Waals surface area contributed by atoms with Gasteiger partial charge in [-0.05, 0) is 32.1 Å². The van der Waals surface area contributed by atoms with Crippen molar-refractivity contribution in [1.82, 2.24) is 4.90 Å². The first-order valence-electron chi connectivity index (χ1n) is 4.58. The van der Waals surface area contributed by atoms with E-state index < -0.39 is 0 Å². The van der Waals surface area contributed by atoms with Crippen molar-refractivity contribution < 1.29 is 0 Å². The maximum absolute atomic E-state index is 2.22. The van der Waals surface area contributed by atoms with Gasteiger partial charge in [-0.1, -0.05) is 36.4 Å².